The van der Waals surface area contributed by atoms with E-state index in [1.807, 2.05) is 0 Å². The van der Waals surface area contributed by atoms with Gasteiger partial charge in [-0.25, -0.2) is 0 Å². The fourth-order valence-electron chi connectivity index (χ4n) is 4.28. The van der Waals surface area contributed by atoms with Crippen LogP contribution in [0.4, 0.5) is 13.2 Å². The molecular formula is C25H28F3NO6S. The van der Waals surface area contributed by atoms with E-state index in [0.717, 1.165) is 50.3 Å². The molecule has 1 aliphatic heterocycles. The molecule has 2 fully saturated rings. The van der Waals surface area contributed by atoms with Crippen molar-refractivity contribution in [1.82, 2.24) is 4.90 Å². The van der Waals surface area contributed by atoms with Crippen LogP contribution in [-0.2, 0) is 32.4 Å². The minimum Gasteiger partial charge on any atom is -0.493 e. The first-order chi connectivity index (χ1) is 17.1. The van der Waals surface area contributed by atoms with E-state index in [4.69, 9.17) is 13.7 Å². The molecule has 0 radical (unpaired) electrons. The average molecular weight is 528 g/mol. The highest BCUT2D eigenvalue weighted by molar-refractivity contribution is 7.87. The van der Waals surface area contributed by atoms with Crippen molar-refractivity contribution < 1.29 is 40.0 Å². The van der Waals surface area contributed by atoms with Crippen molar-refractivity contribution in [3.63, 3.8) is 0 Å². The maximum Gasteiger partial charge on any atom is 0.416 e. The van der Waals surface area contributed by atoms with Crippen molar-refractivity contribution >= 4 is 16.0 Å². The molecule has 1 aliphatic carbocycles. The number of hydrogen-bond donors (Lipinski definition) is 0. The second-order valence-corrected chi connectivity index (χ2v) is 10.6. The summed E-state index contributed by atoms with van der Waals surface area (Å²) >= 11 is 0. The van der Waals surface area contributed by atoms with E-state index in [9.17, 15) is 26.4 Å². The molecule has 196 valence electrons. The molecule has 1 amide bonds. The molecule has 1 unspecified atom stereocenters. The third-order valence-electron chi connectivity index (χ3n) is 6.47. The van der Waals surface area contributed by atoms with Gasteiger partial charge in [0.2, 0.25) is 5.91 Å². The zero-order chi connectivity index (χ0) is 25.9. The maximum absolute atomic E-state index is 13.1. The van der Waals surface area contributed by atoms with Gasteiger partial charge in [0.1, 0.15) is 4.90 Å². The summed E-state index contributed by atoms with van der Waals surface area (Å²) in [6, 6.07) is 7.96. The molecule has 0 spiro atoms. The molecule has 1 heterocycles. The molecule has 0 bridgehead atoms. The van der Waals surface area contributed by atoms with Gasteiger partial charge in [-0.1, -0.05) is 18.6 Å². The molecule has 1 saturated carbocycles. The van der Waals surface area contributed by atoms with Crippen LogP contribution in [0.5, 0.6) is 11.5 Å². The Bertz CT molecular complexity index is 1190. The molecule has 4 rings (SSSR count). The summed E-state index contributed by atoms with van der Waals surface area (Å²) in [5.41, 5.74) is -0.511. The molecule has 2 aliphatic rings. The van der Waals surface area contributed by atoms with E-state index >= 15 is 0 Å². The van der Waals surface area contributed by atoms with Crippen molar-refractivity contribution in [2.75, 3.05) is 20.3 Å². The Morgan fingerprint density at radius 2 is 1.86 bits per heavy atom. The quantitative estimate of drug-likeness (QED) is 0.436. The Labute approximate surface area is 208 Å². The first-order valence-corrected chi connectivity index (χ1v) is 13.2. The van der Waals surface area contributed by atoms with Crippen LogP contribution in [0.15, 0.2) is 47.4 Å². The number of rotatable bonds is 9. The number of alkyl halides is 3. The van der Waals surface area contributed by atoms with Gasteiger partial charge >= 0.3 is 16.3 Å². The van der Waals surface area contributed by atoms with E-state index in [0.29, 0.717) is 24.8 Å². The summed E-state index contributed by atoms with van der Waals surface area (Å²) in [5, 5.41) is 0. The number of amides is 1. The lowest BCUT2D eigenvalue weighted by Crippen LogP contribution is -2.42. The van der Waals surface area contributed by atoms with E-state index in [2.05, 4.69) is 0 Å². The van der Waals surface area contributed by atoms with Gasteiger partial charge in [-0.3, -0.25) is 4.79 Å². The lowest BCUT2D eigenvalue weighted by atomic mass is 9.84. The number of ether oxygens (including phenoxy) is 2. The zero-order valence-corrected chi connectivity index (χ0v) is 20.6. The fourth-order valence-corrected chi connectivity index (χ4v) is 5.26. The van der Waals surface area contributed by atoms with Crippen LogP contribution in [-0.4, -0.2) is 45.6 Å². The molecular weight excluding hydrogens is 499 g/mol. The normalized spacial score (nSPS) is 18.5. The Hall–Kier alpha value is -2.79. The molecule has 11 heteroatoms. The standard InChI is InChI=1S/C25H28F3NO6S/c1-33-22-11-10-17(15-29(16-20-8-4-12-34-20)24(30)18-5-2-6-18)13-23(22)35-36(31,32)21-9-3-7-19(14-21)25(26,27)28/h3,7,9-11,13-14,18,20H,2,4-6,8,12,15-16H2,1H3. The van der Waals surface area contributed by atoms with Crippen LogP contribution in [0.1, 0.15) is 43.2 Å². The molecule has 2 aromatic rings. The highest BCUT2D eigenvalue weighted by Gasteiger charge is 2.33. The lowest BCUT2D eigenvalue weighted by molar-refractivity contribution is -0.140. The van der Waals surface area contributed by atoms with Gasteiger partial charge < -0.3 is 18.6 Å². The summed E-state index contributed by atoms with van der Waals surface area (Å²) in [5.74, 6) is -0.0841. The van der Waals surface area contributed by atoms with Crippen LogP contribution >= 0.6 is 0 Å². The number of nitrogens with zero attached hydrogens (tertiary/aromatic N) is 1. The van der Waals surface area contributed by atoms with Crippen LogP contribution in [0, 0.1) is 5.92 Å². The Balaban J connectivity index is 1.58. The first-order valence-electron chi connectivity index (χ1n) is 11.8. The molecule has 7 nitrogen and oxygen atoms in total. The molecule has 0 aromatic heterocycles. The highest BCUT2D eigenvalue weighted by atomic mass is 32.2. The third-order valence-corrected chi connectivity index (χ3v) is 7.70. The summed E-state index contributed by atoms with van der Waals surface area (Å²) < 4.78 is 81.0. The molecule has 0 N–H and O–H groups in total. The Morgan fingerprint density at radius 3 is 2.47 bits per heavy atom. The van der Waals surface area contributed by atoms with Gasteiger partial charge in [0.05, 0.1) is 18.8 Å². The lowest BCUT2D eigenvalue weighted by Gasteiger charge is -2.33. The van der Waals surface area contributed by atoms with Crippen molar-refractivity contribution in [2.45, 2.75) is 55.8 Å². The predicted octanol–water partition coefficient (Wildman–Crippen LogP) is 4.79. The van der Waals surface area contributed by atoms with Crippen molar-refractivity contribution in [1.29, 1.82) is 0 Å². The van der Waals surface area contributed by atoms with Crippen molar-refractivity contribution in [2.24, 2.45) is 5.92 Å². The SMILES string of the molecule is COc1ccc(CN(CC2CCCO2)C(=O)C2CCC2)cc1OS(=O)(=O)c1cccc(C(F)(F)F)c1. The van der Waals surface area contributed by atoms with E-state index < -0.39 is 26.8 Å². The minimum absolute atomic E-state index is 0.0262. The maximum atomic E-state index is 13.1. The first kappa shape index (κ1) is 26.3. The number of methoxy groups -OCH3 is 1. The third kappa shape index (κ3) is 6.12. The van der Waals surface area contributed by atoms with E-state index in [-0.39, 0.29) is 36.0 Å². The minimum atomic E-state index is -4.71. The Kier molecular flexibility index (Phi) is 7.79. The number of halogens is 3. The highest BCUT2D eigenvalue weighted by Crippen LogP contribution is 2.35. The fraction of sp³-hybridized carbons (Fsp3) is 0.480. The second-order valence-electron chi connectivity index (χ2n) is 9.03. The molecule has 2 aromatic carbocycles. The largest absolute Gasteiger partial charge is 0.493 e. The molecule has 1 saturated heterocycles. The smallest absolute Gasteiger partial charge is 0.416 e. The second kappa shape index (κ2) is 10.7. The van der Waals surface area contributed by atoms with Crippen LogP contribution in [0.2, 0.25) is 0 Å². The van der Waals surface area contributed by atoms with Crippen molar-refractivity contribution in [3.8, 4) is 11.5 Å². The number of carbonyl (C=O) groups is 1. The van der Waals surface area contributed by atoms with Crippen LogP contribution in [0.3, 0.4) is 0 Å². The van der Waals surface area contributed by atoms with Gasteiger partial charge in [-0.2, -0.15) is 21.6 Å². The number of carbonyl (C=O) groups excluding carboxylic acids is 1. The number of hydrogen-bond acceptors (Lipinski definition) is 6. The van der Waals surface area contributed by atoms with E-state index in [1.165, 1.54) is 19.2 Å². The summed E-state index contributed by atoms with van der Waals surface area (Å²) in [4.78, 5) is 14.2. The van der Waals surface area contributed by atoms with E-state index in [1.54, 1.807) is 11.0 Å². The van der Waals surface area contributed by atoms with Gasteiger partial charge in [0.15, 0.2) is 11.5 Å². The summed E-state index contributed by atoms with van der Waals surface area (Å²) in [6.07, 6.45) is -0.268. The van der Waals surface area contributed by atoms with Crippen LogP contribution < -0.4 is 8.92 Å². The van der Waals surface area contributed by atoms with Gasteiger partial charge in [0.25, 0.3) is 0 Å². The zero-order valence-electron chi connectivity index (χ0n) is 19.8. The predicted molar refractivity (Wildman–Crippen MR) is 124 cm³/mol. The summed E-state index contributed by atoms with van der Waals surface area (Å²) in [6.45, 7) is 1.29. The number of benzene rings is 2. The molecule has 1 atom stereocenters. The monoisotopic (exact) mass is 527 g/mol. The molecule has 36 heavy (non-hydrogen) atoms. The van der Waals surface area contributed by atoms with Crippen LogP contribution in [0.25, 0.3) is 0 Å². The van der Waals surface area contributed by atoms with Gasteiger partial charge in [-0.15, -0.1) is 0 Å². The topological polar surface area (TPSA) is 82.1 Å². The van der Waals surface area contributed by atoms with Crippen molar-refractivity contribution in [3.05, 3.63) is 53.6 Å². The van der Waals surface area contributed by atoms with Gasteiger partial charge in [0, 0.05) is 25.6 Å². The summed E-state index contributed by atoms with van der Waals surface area (Å²) in [7, 11) is -3.28. The van der Waals surface area contributed by atoms with Gasteiger partial charge in [-0.05, 0) is 61.6 Å². The average Bonchev–Trinajstić information content (AvgIpc) is 3.30. The Morgan fingerprint density at radius 1 is 1.08 bits per heavy atom.